The lowest BCUT2D eigenvalue weighted by Crippen LogP contribution is -2.40. The highest BCUT2D eigenvalue weighted by Crippen LogP contribution is 2.16. The van der Waals surface area contributed by atoms with Gasteiger partial charge in [0.05, 0.1) is 12.5 Å². The molecular formula is C16H23NO4. The maximum Gasteiger partial charge on any atom is 0.308 e. The fourth-order valence-corrected chi connectivity index (χ4v) is 1.80. The van der Waals surface area contributed by atoms with E-state index >= 15 is 0 Å². The number of benzene rings is 1. The van der Waals surface area contributed by atoms with Crippen LogP contribution in [0.5, 0.6) is 5.75 Å². The molecule has 0 fully saturated rings. The summed E-state index contributed by atoms with van der Waals surface area (Å²) in [5.41, 5.74) is 1.06. The summed E-state index contributed by atoms with van der Waals surface area (Å²) in [7, 11) is 0. The molecule has 1 aromatic carbocycles. The zero-order valence-corrected chi connectivity index (χ0v) is 12.8. The van der Waals surface area contributed by atoms with Crippen molar-refractivity contribution in [2.24, 2.45) is 5.92 Å². The van der Waals surface area contributed by atoms with E-state index in [-0.39, 0.29) is 11.9 Å². The predicted octanol–water partition coefficient (Wildman–Crippen LogP) is 2.38. The van der Waals surface area contributed by atoms with Crippen molar-refractivity contribution in [3.8, 4) is 5.75 Å². The molecule has 2 atom stereocenters. The Morgan fingerprint density at radius 3 is 2.57 bits per heavy atom. The number of aryl methyl sites for hydroxylation is 1. The third-order valence-electron chi connectivity index (χ3n) is 3.43. The van der Waals surface area contributed by atoms with Gasteiger partial charge in [-0.2, -0.15) is 0 Å². The molecule has 116 valence electrons. The highest BCUT2D eigenvalue weighted by atomic mass is 16.5. The number of nitrogens with one attached hydrogen (secondary N) is 1. The van der Waals surface area contributed by atoms with E-state index in [0.717, 1.165) is 11.3 Å². The second kappa shape index (κ2) is 8.29. The van der Waals surface area contributed by atoms with Gasteiger partial charge in [0, 0.05) is 12.5 Å². The van der Waals surface area contributed by atoms with Crippen molar-refractivity contribution >= 4 is 11.9 Å². The quantitative estimate of drug-likeness (QED) is 0.722. The maximum absolute atomic E-state index is 11.7. The normalized spacial score (nSPS) is 13.3. The van der Waals surface area contributed by atoms with E-state index in [4.69, 9.17) is 9.84 Å². The van der Waals surface area contributed by atoms with E-state index in [1.165, 1.54) is 0 Å². The molecule has 2 N–H and O–H groups in total. The van der Waals surface area contributed by atoms with Gasteiger partial charge >= 0.3 is 5.97 Å². The van der Waals surface area contributed by atoms with Crippen LogP contribution in [0.2, 0.25) is 0 Å². The number of para-hydroxylation sites is 1. The van der Waals surface area contributed by atoms with Crippen molar-refractivity contribution in [1.82, 2.24) is 5.32 Å². The maximum atomic E-state index is 11.7. The molecule has 1 aromatic rings. The average Bonchev–Trinajstić information content (AvgIpc) is 2.44. The number of rotatable bonds is 8. The first kappa shape index (κ1) is 17.0. The van der Waals surface area contributed by atoms with Crippen LogP contribution in [0.3, 0.4) is 0 Å². The van der Waals surface area contributed by atoms with E-state index in [1.54, 1.807) is 13.8 Å². The van der Waals surface area contributed by atoms with E-state index in [0.29, 0.717) is 19.4 Å². The monoisotopic (exact) mass is 293 g/mol. The van der Waals surface area contributed by atoms with Crippen molar-refractivity contribution in [2.45, 2.75) is 39.7 Å². The van der Waals surface area contributed by atoms with Crippen LogP contribution in [-0.2, 0) is 9.59 Å². The van der Waals surface area contributed by atoms with Crippen molar-refractivity contribution < 1.29 is 19.4 Å². The molecule has 0 aliphatic carbocycles. The molecule has 2 unspecified atom stereocenters. The molecule has 0 radical (unpaired) electrons. The Bertz CT molecular complexity index is 487. The molecule has 0 heterocycles. The van der Waals surface area contributed by atoms with Crippen LogP contribution < -0.4 is 10.1 Å². The molecule has 0 saturated heterocycles. The number of carbonyl (C=O) groups excluding carboxylic acids is 1. The smallest absolute Gasteiger partial charge is 0.308 e. The number of carboxylic acids is 1. The predicted molar refractivity (Wildman–Crippen MR) is 80.3 cm³/mol. The fraction of sp³-hybridized carbons (Fsp3) is 0.500. The number of amides is 1. The Kier molecular flexibility index (Phi) is 6.72. The zero-order chi connectivity index (χ0) is 15.8. The number of ether oxygens (including phenoxy) is 1. The van der Waals surface area contributed by atoms with Crippen LogP contribution in [0.25, 0.3) is 0 Å². The van der Waals surface area contributed by atoms with E-state index in [2.05, 4.69) is 5.32 Å². The lowest BCUT2D eigenvalue weighted by atomic mass is 10.0. The summed E-state index contributed by atoms with van der Waals surface area (Å²) in [6.45, 7) is 5.70. The van der Waals surface area contributed by atoms with Gasteiger partial charge in [0.2, 0.25) is 5.91 Å². The topological polar surface area (TPSA) is 75.6 Å². The SMILES string of the molecule is Cc1ccccc1OCCCC(=O)NC(C)C(C)C(=O)O. The largest absolute Gasteiger partial charge is 0.493 e. The number of aliphatic carboxylic acids is 1. The lowest BCUT2D eigenvalue weighted by molar-refractivity contribution is -0.142. The Morgan fingerprint density at radius 1 is 1.29 bits per heavy atom. The molecule has 0 bridgehead atoms. The summed E-state index contributed by atoms with van der Waals surface area (Å²) in [5.74, 6) is -0.836. The highest BCUT2D eigenvalue weighted by Gasteiger charge is 2.20. The third kappa shape index (κ3) is 5.85. The van der Waals surface area contributed by atoms with E-state index in [1.807, 2.05) is 31.2 Å². The summed E-state index contributed by atoms with van der Waals surface area (Å²) in [6, 6.07) is 7.33. The molecule has 5 heteroatoms. The fourth-order valence-electron chi connectivity index (χ4n) is 1.80. The molecule has 5 nitrogen and oxygen atoms in total. The first-order valence-corrected chi connectivity index (χ1v) is 7.12. The van der Waals surface area contributed by atoms with Gasteiger partial charge < -0.3 is 15.2 Å². The van der Waals surface area contributed by atoms with E-state index in [9.17, 15) is 9.59 Å². The van der Waals surface area contributed by atoms with Crippen LogP contribution >= 0.6 is 0 Å². The van der Waals surface area contributed by atoms with Crippen LogP contribution in [0.4, 0.5) is 0 Å². The van der Waals surface area contributed by atoms with Gasteiger partial charge in [-0.1, -0.05) is 18.2 Å². The van der Waals surface area contributed by atoms with Crippen molar-refractivity contribution in [2.75, 3.05) is 6.61 Å². The second-order valence-corrected chi connectivity index (χ2v) is 5.20. The van der Waals surface area contributed by atoms with Crippen LogP contribution in [0, 0.1) is 12.8 Å². The molecule has 1 amide bonds. The number of hydrogen-bond acceptors (Lipinski definition) is 3. The summed E-state index contributed by atoms with van der Waals surface area (Å²) in [4.78, 5) is 22.5. The van der Waals surface area contributed by atoms with Crippen molar-refractivity contribution in [3.05, 3.63) is 29.8 Å². The summed E-state index contributed by atoms with van der Waals surface area (Å²) < 4.78 is 5.60. The zero-order valence-electron chi connectivity index (χ0n) is 12.8. The summed E-state index contributed by atoms with van der Waals surface area (Å²) >= 11 is 0. The average molecular weight is 293 g/mol. The van der Waals surface area contributed by atoms with Gasteiger partial charge in [0.1, 0.15) is 5.75 Å². The summed E-state index contributed by atoms with van der Waals surface area (Å²) in [5, 5.41) is 11.6. The third-order valence-corrected chi connectivity index (χ3v) is 3.43. The Balaban J connectivity index is 2.25. The first-order chi connectivity index (χ1) is 9.91. The van der Waals surface area contributed by atoms with Gasteiger partial charge in [-0.05, 0) is 38.8 Å². The minimum atomic E-state index is -0.911. The van der Waals surface area contributed by atoms with Gasteiger partial charge in [0.25, 0.3) is 0 Å². The molecule has 21 heavy (non-hydrogen) atoms. The number of carboxylic acid groups (broad SMARTS) is 1. The lowest BCUT2D eigenvalue weighted by Gasteiger charge is -2.17. The van der Waals surface area contributed by atoms with Gasteiger partial charge in [-0.3, -0.25) is 9.59 Å². The van der Waals surface area contributed by atoms with Crippen molar-refractivity contribution in [1.29, 1.82) is 0 Å². The molecule has 0 spiro atoms. The van der Waals surface area contributed by atoms with Crippen LogP contribution in [0.1, 0.15) is 32.3 Å². The summed E-state index contributed by atoms with van der Waals surface area (Å²) in [6.07, 6.45) is 0.914. The number of hydrogen-bond donors (Lipinski definition) is 2. The van der Waals surface area contributed by atoms with Crippen LogP contribution in [0.15, 0.2) is 24.3 Å². The van der Waals surface area contributed by atoms with Crippen molar-refractivity contribution in [3.63, 3.8) is 0 Å². The first-order valence-electron chi connectivity index (χ1n) is 7.12. The minimum Gasteiger partial charge on any atom is -0.493 e. The van der Waals surface area contributed by atoms with E-state index < -0.39 is 11.9 Å². The highest BCUT2D eigenvalue weighted by molar-refractivity contribution is 5.77. The number of carbonyl (C=O) groups is 2. The Morgan fingerprint density at radius 2 is 1.95 bits per heavy atom. The molecular weight excluding hydrogens is 270 g/mol. The Labute approximate surface area is 125 Å². The van der Waals surface area contributed by atoms with Gasteiger partial charge in [0.15, 0.2) is 0 Å². The van der Waals surface area contributed by atoms with Gasteiger partial charge in [-0.25, -0.2) is 0 Å². The second-order valence-electron chi connectivity index (χ2n) is 5.20. The molecule has 0 aliphatic heterocycles. The Hall–Kier alpha value is -2.04. The molecule has 0 aliphatic rings. The molecule has 1 rings (SSSR count). The molecule has 0 saturated carbocycles. The minimum absolute atomic E-state index is 0.149. The van der Waals surface area contributed by atoms with Crippen LogP contribution in [-0.4, -0.2) is 29.6 Å². The van der Waals surface area contributed by atoms with Gasteiger partial charge in [-0.15, -0.1) is 0 Å². The molecule has 0 aromatic heterocycles. The standard InChI is InChI=1S/C16H23NO4/c1-11-7-4-5-8-14(11)21-10-6-9-15(18)17-13(3)12(2)16(19)20/h4-5,7-8,12-13H,6,9-10H2,1-3H3,(H,17,18)(H,19,20).